The van der Waals surface area contributed by atoms with Crippen molar-refractivity contribution < 1.29 is 4.79 Å². The van der Waals surface area contributed by atoms with Gasteiger partial charge in [0, 0.05) is 16.9 Å². The molecule has 0 amide bonds. The molecule has 1 heterocycles. The largest absolute Gasteiger partial charge is 0.329 e. The zero-order valence-electron chi connectivity index (χ0n) is 11.9. The van der Waals surface area contributed by atoms with Crippen LogP contribution < -0.4 is 5.32 Å². The number of ketones is 1. The summed E-state index contributed by atoms with van der Waals surface area (Å²) in [7, 11) is 0. The molecule has 0 radical (unpaired) electrons. The first-order chi connectivity index (χ1) is 9.77. The molecule has 0 fully saturated rings. The molecule has 1 aromatic heterocycles. The smallest absolute Gasteiger partial charge is 0.207 e. The van der Waals surface area contributed by atoms with Crippen LogP contribution >= 0.6 is 34.7 Å². The standard InChI is InChI=1S/C14H15Cl2N3OS/c1-14(2,3)10(20)7-11-18-13(21-19-11)17-9-6-4-5-8(15)12(9)16/h4-6H,7H2,1-3H3,(H,17,18,19). The first-order valence-corrected chi connectivity index (χ1v) is 7.87. The Labute approximate surface area is 137 Å². The van der Waals surface area contributed by atoms with Crippen molar-refractivity contribution in [3.63, 3.8) is 0 Å². The summed E-state index contributed by atoms with van der Waals surface area (Å²) in [4.78, 5) is 16.3. The number of benzene rings is 1. The Hall–Kier alpha value is -1.17. The number of rotatable bonds is 4. The second-order valence-electron chi connectivity index (χ2n) is 5.59. The van der Waals surface area contributed by atoms with Gasteiger partial charge in [-0.15, -0.1) is 0 Å². The van der Waals surface area contributed by atoms with Crippen molar-refractivity contribution in [2.45, 2.75) is 27.2 Å². The normalized spacial score (nSPS) is 11.5. The summed E-state index contributed by atoms with van der Waals surface area (Å²) >= 11 is 13.2. The maximum Gasteiger partial charge on any atom is 0.207 e. The van der Waals surface area contributed by atoms with Crippen molar-refractivity contribution in [2.75, 3.05) is 5.32 Å². The van der Waals surface area contributed by atoms with Crippen molar-refractivity contribution in [2.24, 2.45) is 5.41 Å². The summed E-state index contributed by atoms with van der Waals surface area (Å²) in [6.45, 7) is 5.64. The molecule has 112 valence electrons. The number of carbonyl (C=O) groups excluding carboxylic acids is 1. The Bertz CT molecular complexity index is 664. The van der Waals surface area contributed by atoms with Crippen LogP contribution in [0.5, 0.6) is 0 Å². The van der Waals surface area contributed by atoms with E-state index < -0.39 is 5.41 Å². The predicted octanol–water partition coefficient (Wildman–Crippen LogP) is 4.75. The monoisotopic (exact) mass is 343 g/mol. The van der Waals surface area contributed by atoms with E-state index in [1.807, 2.05) is 20.8 Å². The maximum atomic E-state index is 12.0. The molecule has 0 saturated carbocycles. The summed E-state index contributed by atoms with van der Waals surface area (Å²) in [5.41, 5.74) is 0.267. The number of nitrogens with one attached hydrogen (secondary N) is 1. The third-order valence-corrected chi connectivity index (χ3v) is 4.30. The van der Waals surface area contributed by atoms with E-state index in [2.05, 4.69) is 14.7 Å². The third-order valence-electron chi connectivity index (χ3n) is 2.82. The molecule has 0 unspecified atom stereocenters. The Morgan fingerprint density at radius 2 is 2.05 bits per heavy atom. The van der Waals surface area contributed by atoms with E-state index in [1.54, 1.807) is 18.2 Å². The van der Waals surface area contributed by atoms with Crippen LogP contribution in [0.15, 0.2) is 18.2 Å². The summed E-state index contributed by atoms with van der Waals surface area (Å²) in [6.07, 6.45) is 0.227. The van der Waals surface area contributed by atoms with Gasteiger partial charge in [0.2, 0.25) is 5.13 Å². The second kappa shape index (κ2) is 6.30. The number of hydrogen-bond acceptors (Lipinski definition) is 5. The molecule has 0 bridgehead atoms. The third kappa shape index (κ3) is 4.15. The fourth-order valence-electron chi connectivity index (χ4n) is 1.50. The topological polar surface area (TPSA) is 54.9 Å². The van der Waals surface area contributed by atoms with E-state index in [-0.39, 0.29) is 12.2 Å². The number of hydrogen-bond donors (Lipinski definition) is 1. The highest BCUT2D eigenvalue weighted by atomic mass is 35.5. The van der Waals surface area contributed by atoms with Gasteiger partial charge in [-0.1, -0.05) is 50.0 Å². The van der Waals surface area contributed by atoms with Crippen LogP contribution in [-0.4, -0.2) is 15.1 Å². The lowest BCUT2D eigenvalue weighted by molar-refractivity contribution is -0.125. The summed E-state index contributed by atoms with van der Waals surface area (Å²) in [5, 5.41) is 4.54. The van der Waals surface area contributed by atoms with Crippen molar-refractivity contribution in [3.8, 4) is 0 Å². The fraction of sp³-hybridized carbons (Fsp3) is 0.357. The number of halogens is 2. The molecule has 0 aliphatic heterocycles. The van der Waals surface area contributed by atoms with E-state index in [0.29, 0.717) is 26.7 Å². The molecular weight excluding hydrogens is 329 g/mol. The summed E-state index contributed by atoms with van der Waals surface area (Å²) in [5.74, 6) is 0.619. The number of Topliss-reactive ketones (excluding diaryl/α,β-unsaturated/α-hetero) is 1. The van der Waals surface area contributed by atoms with Crippen LogP contribution in [0, 0.1) is 5.41 Å². The van der Waals surface area contributed by atoms with Crippen molar-refractivity contribution in [1.29, 1.82) is 0 Å². The Morgan fingerprint density at radius 3 is 2.71 bits per heavy atom. The second-order valence-corrected chi connectivity index (χ2v) is 7.13. The van der Waals surface area contributed by atoms with E-state index in [0.717, 1.165) is 0 Å². The van der Waals surface area contributed by atoms with E-state index in [4.69, 9.17) is 23.2 Å². The maximum absolute atomic E-state index is 12.0. The summed E-state index contributed by atoms with van der Waals surface area (Å²) in [6, 6.07) is 5.31. The number of carbonyl (C=O) groups is 1. The van der Waals surface area contributed by atoms with Crippen LogP contribution in [0.3, 0.4) is 0 Å². The Morgan fingerprint density at radius 1 is 1.33 bits per heavy atom. The molecule has 7 heteroatoms. The number of aromatic nitrogens is 2. The molecule has 21 heavy (non-hydrogen) atoms. The lowest BCUT2D eigenvalue weighted by atomic mass is 9.89. The molecule has 0 atom stereocenters. The molecule has 2 rings (SSSR count). The summed E-state index contributed by atoms with van der Waals surface area (Å²) < 4.78 is 4.19. The zero-order chi connectivity index (χ0) is 15.6. The highest BCUT2D eigenvalue weighted by Crippen LogP contribution is 2.32. The minimum atomic E-state index is -0.394. The molecule has 4 nitrogen and oxygen atoms in total. The highest BCUT2D eigenvalue weighted by molar-refractivity contribution is 7.09. The van der Waals surface area contributed by atoms with E-state index in [1.165, 1.54) is 11.5 Å². The van der Waals surface area contributed by atoms with Gasteiger partial charge in [0.15, 0.2) is 5.82 Å². The average molecular weight is 344 g/mol. The molecule has 0 aliphatic carbocycles. The van der Waals surface area contributed by atoms with Crippen LogP contribution in [0.2, 0.25) is 10.0 Å². The quantitative estimate of drug-likeness (QED) is 0.870. The van der Waals surface area contributed by atoms with Gasteiger partial charge in [-0.3, -0.25) is 4.79 Å². The van der Waals surface area contributed by atoms with Gasteiger partial charge < -0.3 is 5.32 Å². The van der Waals surface area contributed by atoms with Gasteiger partial charge in [-0.2, -0.15) is 4.37 Å². The van der Waals surface area contributed by atoms with Gasteiger partial charge in [-0.05, 0) is 12.1 Å². The van der Waals surface area contributed by atoms with Gasteiger partial charge in [0.25, 0.3) is 0 Å². The zero-order valence-corrected chi connectivity index (χ0v) is 14.2. The minimum Gasteiger partial charge on any atom is -0.329 e. The predicted molar refractivity (Wildman–Crippen MR) is 87.8 cm³/mol. The highest BCUT2D eigenvalue weighted by Gasteiger charge is 2.23. The van der Waals surface area contributed by atoms with Crippen LogP contribution in [0.1, 0.15) is 26.6 Å². The molecule has 2 aromatic rings. The van der Waals surface area contributed by atoms with Gasteiger partial charge in [0.05, 0.1) is 22.2 Å². The lowest BCUT2D eigenvalue weighted by Crippen LogP contribution is -2.22. The minimum absolute atomic E-state index is 0.104. The van der Waals surface area contributed by atoms with Crippen molar-refractivity contribution in [3.05, 3.63) is 34.1 Å². The lowest BCUT2D eigenvalue weighted by Gasteiger charge is -2.14. The number of anilines is 2. The molecule has 0 spiro atoms. The molecule has 1 aromatic carbocycles. The van der Waals surface area contributed by atoms with Crippen LogP contribution in [0.25, 0.3) is 0 Å². The molecule has 0 saturated heterocycles. The Balaban J connectivity index is 2.10. The number of nitrogens with zero attached hydrogens (tertiary/aromatic N) is 2. The molecular formula is C14H15Cl2N3OS. The average Bonchev–Trinajstić information content (AvgIpc) is 2.81. The Kier molecular flexibility index (Phi) is 4.86. The van der Waals surface area contributed by atoms with Crippen molar-refractivity contribution >= 4 is 51.3 Å². The van der Waals surface area contributed by atoms with Crippen LogP contribution in [-0.2, 0) is 11.2 Å². The fourth-order valence-corrected chi connectivity index (χ4v) is 2.45. The molecule has 0 aliphatic rings. The van der Waals surface area contributed by atoms with E-state index >= 15 is 0 Å². The van der Waals surface area contributed by atoms with E-state index in [9.17, 15) is 4.79 Å². The first-order valence-electron chi connectivity index (χ1n) is 6.34. The first kappa shape index (κ1) is 16.2. The molecule has 1 N–H and O–H groups in total. The SMILES string of the molecule is CC(C)(C)C(=O)Cc1nsc(Nc2cccc(Cl)c2Cl)n1. The van der Waals surface area contributed by atoms with Gasteiger partial charge in [0.1, 0.15) is 5.78 Å². The van der Waals surface area contributed by atoms with Gasteiger partial charge >= 0.3 is 0 Å². The van der Waals surface area contributed by atoms with Crippen molar-refractivity contribution in [1.82, 2.24) is 9.36 Å². The van der Waals surface area contributed by atoms with Gasteiger partial charge in [-0.25, -0.2) is 4.98 Å². The van der Waals surface area contributed by atoms with Crippen LogP contribution in [0.4, 0.5) is 10.8 Å².